The lowest BCUT2D eigenvalue weighted by atomic mass is 9.85. The lowest BCUT2D eigenvalue weighted by Crippen LogP contribution is -2.45. The van der Waals surface area contributed by atoms with Crippen LogP contribution in [0.1, 0.15) is 12.8 Å². The van der Waals surface area contributed by atoms with E-state index in [4.69, 9.17) is 0 Å². The molecule has 7 nitrogen and oxygen atoms in total. The van der Waals surface area contributed by atoms with Crippen molar-refractivity contribution in [1.82, 2.24) is 9.80 Å². The van der Waals surface area contributed by atoms with Gasteiger partial charge in [0.15, 0.2) is 0 Å². The molecule has 3 amide bonds. The minimum absolute atomic E-state index is 0.220. The zero-order valence-corrected chi connectivity index (χ0v) is 16.1. The number of amides is 3. The van der Waals surface area contributed by atoms with E-state index in [0.717, 1.165) is 42.5 Å². The topological polar surface area (TPSA) is 73.0 Å². The highest BCUT2D eigenvalue weighted by molar-refractivity contribution is 6.09. The van der Waals surface area contributed by atoms with Crippen LogP contribution in [-0.2, 0) is 14.4 Å². The first-order chi connectivity index (χ1) is 13.5. The molecule has 1 aromatic rings. The number of carbonyl (C=O) groups is 3. The van der Waals surface area contributed by atoms with Crippen LogP contribution >= 0.6 is 0 Å². The van der Waals surface area contributed by atoms with Crippen LogP contribution in [0.4, 0.5) is 11.4 Å². The largest absolute Gasteiger partial charge is 0.367 e. The summed E-state index contributed by atoms with van der Waals surface area (Å²) in [6.07, 6.45) is 5.06. The highest BCUT2D eigenvalue weighted by Gasteiger charge is 2.47. The van der Waals surface area contributed by atoms with Crippen molar-refractivity contribution in [3.05, 3.63) is 36.4 Å². The fraction of sp³-hybridized carbons (Fsp3) is 0.476. The Labute approximate surface area is 165 Å². The molecule has 148 valence electrons. The number of benzene rings is 1. The number of anilines is 2. The number of fused-ring (bicyclic) bond motifs is 1. The predicted molar refractivity (Wildman–Crippen MR) is 107 cm³/mol. The van der Waals surface area contributed by atoms with Crippen LogP contribution in [0.5, 0.6) is 0 Å². The molecule has 7 heteroatoms. The van der Waals surface area contributed by atoms with Gasteiger partial charge >= 0.3 is 0 Å². The Morgan fingerprint density at radius 2 is 1.61 bits per heavy atom. The maximum absolute atomic E-state index is 12.7. The van der Waals surface area contributed by atoms with Gasteiger partial charge in [-0.3, -0.25) is 19.3 Å². The Morgan fingerprint density at radius 1 is 1.00 bits per heavy atom. The summed E-state index contributed by atoms with van der Waals surface area (Å²) >= 11 is 0. The first-order valence-corrected chi connectivity index (χ1v) is 9.87. The van der Waals surface area contributed by atoms with Crippen LogP contribution in [0.15, 0.2) is 36.4 Å². The number of imide groups is 1. The molecule has 28 heavy (non-hydrogen) atoms. The number of likely N-dealkylation sites (tertiary alicyclic amines) is 1. The quantitative estimate of drug-likeness (QED) is 0.628. The van der Waals surface area contributed by atoms with E-state index in [1.54, 1.807) is 0 Å². The van der Waals surface area contributed by atoms with Crippen LogP contribution in [0.3, 0.4) is 0 Å². The summed E-state index contributed by atoms with van der Waals surface area (Å²) in [7, 11) is 2.10. The van der Waals surface area contributed by atoms with Crippen molar-refractivity contribution >= 4 is 29.1 Å². The molecular formula is C21H26N4O3. The molecule has 2 atom stereocenters. The fourth-order valence-electron chi connectivity index (χ4n) is 4.26. The van der Waals surface area contributed by atoms with Crippen molar-refractivity contribution in [1.29, 1.82) is 0 Å². The Kier molecular flexibility index (Phi) is 5.17. The maximum Gasteiger partial charge on any atom is 0.244 e. The summed E-state index contributed by atoms with van der Waals surface area (Å²) in [4.78, 5) is 43.4. The monoisotopic (exact) mass is 382 g/mol. The number of hydrogen-bond donors (Lipinski definition) is 1. The normalized spacial score (nSPS) is 25.2. The second-order valence-electron chi connectivity index (χ2n) is 7.77. The average Bonchev–Trinajstić information content (AvgIpc) is 2.94. The third-order valence-electron chi connectivity index (χ3n) is 5.92. The minimum Gasteiger partial charge on any atom is -0.367 e. The van der Waals surface area contributed by atoms with Crippen molar-refractivity contribution in [2.75, 3.05) is 50.0 Å². The first kappa shape index (κ1) is 18.7. The van der Waals surface area contributed by atoms with E-state index in [0.29, 0.717) is 12.8 Å². The summed E-state index contributed by atoms with van der Waals surface area (Å²) in [5, 5.41) is 2.91. The second kappa shape index (κ2) is 7.75. The average molecular weight is 382 g/mol. The van der Waals surface area contributed by atoms with Gasteiger partial charge in [0.2, 0.25) is 17.7 Å². The van der Waals surface area contributed by atoms with E-state index in [1.165, 1.54) is 0 Å². The van der Waals surface area contributed by atoms with E-state index in [1.807, 2.05) is 36.4 Å². The molecule has 3 aliphatic rings. The van der Waals surface area contributed by atoms with Crippen molar-refractivity contribution in [2.45, 2.75) is 12.8 Å². The van der Waals surface area contributed by atoms with Gasteiger partial charge in [-0.15, -0.1) is 0 Å². The number of carbonyl (C=O) groups excluding carboxylic acids is 3. The second-order valence-corrected chi connectivity index (χ2v) is 7.77. The molecule has 2 heterocycles. The number of nitrogens with zero attached hydrogens (tertiary/aromatic N) is 3. The molecule has 1 N–H and O–H groups in total. The lowest BCUT2D eigenvalue weighted by Gasteiger charge is -2.35. The number of likely N-dealkylation sites (N-methyl/N-ethyl adjacent to an activating group) is 1. The Balaban J connectivity index is 1.43. The van der Waals surface area contributed by atoms with Crippen molar-refractivity contribution in [2.24, 2.45) is 11.8 Å². The Bertz CT molecular complexity index is 788. The van der Waals surface area contributed by atoms with Gasteiger partial charge < -0.3 is 15.1 Å². The van der Waals surface area contributed by atoms with Crippen LogP contribution < -0.4 is 10.2 Å². The zero-order chi connectivity index (χ0) is 19.7. The van der Waals surface area contributed by atoms with Crippen LogP contribution in [0.25, 0.3) is 0 Å². The molecule has 0 saturated carbocycles. The van der Waals surface area contributed by atoms with Gasteiger partial charge in [-0.05, 0) is 32.0 Å². The maximum atomic E-state index is 12.7. The molecule has 2 unspecified atom stereocenters. The molecule has 2 saturated heterocycles. The summed E-state index contributed by atoms with van der Waals surface area (Å²) in [6.45, 7) is 3.50. The number of hydrogen-bond acceptors (Lipinski definition) is 5. The van der Waals surface area contributed by atoms with Gasteiger partial charge in [0.25, 0.3) is 0 Å². The fourth-order valence-corrected chi connectivity index (χ4v) is 4.26. The van der Waals surface area contributed by atoms with E-state index >= 15 is 0 Å². The van der Waals surface area contributed by atoms with Gasteiger partial charge in [-0.1, -0.05) is 24.3 Å². The van der Waals surface area contributed by atoms with Gasteiger partial charge in [0.05, 0.1) is 23.2 Å². The standard InChI is InChI=1S/C21H26N4O3/c1-23-10-12-24(13-11-23)18-9-5-4-8-17(18)22-19(26)14-25-20(27)15-6-2-3-7-16(15)21(25)28/h2-5,8-9,15-16H,6-7,10-14H2,1H3,(H,22,26). The molecule has 0 bridgehead atoms. The van der Waals surface area contributed by atoms with Gasteiger partial charge in [0, 0.05) is 26.2 Å². The Hall–Kier alpha value is -2.67. The van der Waals surface area contributed by atoms with E-state index in [2.05, 4.69) is 22.2 Å². The van der Waals surface area contributed by atoms with E-state index < -0.39 is 0 Å². The number of allylic oxidation sites excluding steroid dienone is 2. The summed E-state index contributed by atoms with van der Waals surface area (Å²) < 4.78 is 0. The van der Waals surface area contributed by atoms with Crippen LogP contribution in [-0.4, -0.2) is 67.3 Å². The summed E-state index contributed by atoms with van der Waals surface area (Å²) in [6, 6.07) is 7.69. The molecule has 1 aromatic carbocycles. The van der Waals surface area contributed by atoms with Crippen molar-refractivity contribution in [3.63, 3.8) is 0 Å². The van der Waals surface area contributed by atoms with E-state index in [9.17, 15) is 14.4 Å². The smallest absolute Gasteiger partial charge is 0.244 e. The zero-order valence-electron chi connectivity index (χ0n) is 16.1. The number of rotatable bonds is 4. The molecule has 0 spiro atoms. The minimum atomic E-state index is -0.338. The molecule has 0 aromatic heterocycles. The molecule has 1 aliphatic carbocycles. The number of nitrogens with one attached hydrogen (secondary N) is 1. The van der Waals surface area contributed by atoms with Crippen LogP contribution in [0, 0.1) is 11.8 Å². The van der Waals surface area contributed by atoms with Gasteiger partial charge in [-0.25, -0.2) is 0 Å². The third kappa shape index (κ3) is 3.54. The molecule has 4 rings (SSSR count). The third-order valence-corrected chi connectivity index (χ3v) is 5.92. The summed E-state index contributed by atoms with van der Waals surface area (Å²) in [5.74, 6) is -1.38. The van der Waals surface area contributed by atoms with Crippen molar-refractivity contribution in [3.8, 4) is 0 Å². The summed E-state index contributed by atoms with van der Waals surface area (Å²) in [5.41, 5.74) is 1.69. The number of piperazine rings is 1. The molecular weight excluding hydrogens is 356 g/mol. The van der Waals surface area contributed by atoms with Gasteiger partial charge in [0.1, 0.15) is 6.54 Å². The highest BCUT2D eigenvalue weighted by atomic mass is 16.2. The molecule has 0 radical (unpaired) electrons. The van der Waals surface area contributed by atoms with Crippen LogP contribution in [0.2, 0.25) is 0 Å². The lowest BCUT2D eigenvalue weighted by molar-refractivity contribution is -0.142. The molecule has 2 aliphatic heterocycles. The first-order valence-electron chi connectivity index (χ1n) is 9.87. The SMILES string of the molecule is CN1CCN(c2ccccc2NC(=O)CN2C(=O)C3CC=CCC3C2=O)CC1. The van der Waals surface area contributed by atoms with Crippen molar-refractivity contribution < 1.29 is 14.4 Å². The molecule has 2 fully saturated rings. The van der Waals surface area contributed by atoms with E-state index in [-0.39, 0.29) is 36.1 Å². The van der Waals surface area contributed by atoms with Gasteiger partial charge in [-0.2, -0.15) is 0 Å². The predicted octanol–water partition coefficient (Wildman–Crippen LogP) is 1.33. The number of para-hydroxylation sites is 2. The Morgan fingerprint density at radius 3 is 2.25 bits per heavy atom. The highest BCUT2D eigenvalue weighted by Crippen LogP contribution is 2.35.